The maximum Gasteiger partial charge on any atom is 0.00205 e. The Morgan fingerprint density at radius 2 is 0.682 bits per heavy atom. The molecule has 0 aliphatic carbocycles. The summed E-state index contributed by atoms with van der Waals surface area (Å²) < 4.78 is 0. The van der Waals surface area contributed by atoms with Crippen LogP contribution in [-0.4, -0.2) is 92.1 Å². The Bertz CT molecular complexity index is 188. The molecule has 0 aromatic carbocycles. The summed E-state index contributed by atoms with van der Waals surface area (Å²) in [5.74, 6) is 0. The van der Waals surface area contributed by atoms with Gasteiger partial charge in [0.15, 0.2) is 0 Å². The SMILES string of the molecule is CCN(CC)CCP(CCN(CC)CC)CCN(CC)CC. The zero-order chi connectivity index (χ0) is 16.8. The highest BCUT2D eigenvalue weighted by molar-refractivity contribution is 7.57. The van der Waals surface area contributed by atoms with Crippen LogP contribution in [0.1, 0.15) is 41.5 Å². The minimum Gasteiger partial charge on any atom is -0.304 e. The van der Waals surface area contributed by atoms with E-state index in [1.54, 1.807) is 0 Å². The Kier molecular flexibility index (Phi) is 15.1. The number of rotatable bonds is 15. The first-order valence-electron chi connectivity index (χ1n) is 9.54. The Balaban J connectivity index is 4.34. The molecule has 0 amide bonds. The molecule has 0 aliphatic rings. The van der Waals surface area contributed by atoms with E-state index in [0.717, 1.165) is 0 Å². The minimum atomic E-state index is 0.183. The summed E-state index contributed by atoms with van der Waals surface area (Å²) in [5, 5.41) is 0. The van der Waals surface area contributed by atoms with Gasteiger partial charge in [-0.1, -0.05) is 41.5 Å². The molecule has 4 heteroatoms. The van der Waals surface area contributed by atoms with Crippen molar-refractivity contribution in [2.75, 3.05) is 77.4 Å². The summed E-state index contributed by atoms with van der Waals surface area (Å²) in [4.78, 5) is 7.76. The third-order valence-electron chi connectivity index (χ3n) is 4.88. The van der Waals surface area contributed by atoms with Gasteiger partial charge >= 0.3 is 0 Å². The van der Waals surface area contributed by atoms with Crippen LogP contribution < -0.4 is 0 Å². The third kappa shape index (κ3) is 10.2. The topological polar surface area (TPSA) is 9.72 Å². The zero-order valence-corrected chi connectivity index (χ0v) is 17.2. The lowest BCUT2D eigenvalue weighted by Gasteiger charge is -2.28. The molecule has 0 bridgehead atoms. The summed E-state index contributed by atoms with van der Waals surface area (Å²) in [6, 6.07) is 0. The molecule has 0 atom stereocenters. The Labute approximate surface area is 142 Å². The van der Waals surface area contributed by atoms with Crippen LogP contribution in [-0.2, 0) is 0 Å². The lowest BCUT2D eigenvalue weighted by molar-refractivity contribution is 0.315. The smallest absolute Gasteiger partial charge is 0.00205 e. The maximum absolute atomic E-state index is 2.59. The molecular weight excluding hydrogens is 289 g/mol. The molecule has 0 aromatic rings. The van der Waals surface area contributed by atoms with E-state index in [4.69, 9.17) is 0 Å². The molecule has 0 spiro atoms. The van der Waals surface area contributed by atoms with Crippen molar-refractivity contribution in [2.45, 2.75) is 41.5 Å². The van der Waals surface area contributed by atoms with Crippen LogP contribution in [0.5, 0.6) is 0 Å². The maximum atomic E-state index is 2.59. The second-order valence-corrected chi connectivity index (χ2v) is 8.61. The predicted octanol–water partition coefficient (Wildman–Crippen LogP) is 3.49. The highest BCUT2D eigenvalue weighted by Gasteiger charge is 2.13. The highest BCUT2D eigenvalue weighted by Crippen LogP contribution is 2.35. The first-order chi connectivity index (χ1) is 10.6. The molecule has 134 valence electrons. The van der Waals surface area contributed by atoms with Crippen LogP contribution >= 0.6 is 7.92 Å². The predicted molar refractivity (Wildman–Crippen MR) is 105 cm³/mol. The van der Waals surface area contributed by atoms with Crippen molar-refractivity contribution in [3.8, 4) is 0 Å². The summed E-state index contributed by atoms with van der Waals surface area (Å²) >= 11 is 0. The largest absolute Gasteiger partial charge is 0.304 e. The molecule has 0 rings (SSSR count). The number of hydrogen-bond acceptors (Lipinski definition) is 3. The molecule has 3 nitrogen and oxygen atoms in total. The van der Waals surface area contributed by atoms with Crippen molar-refractivity contribution >= 4 is 7.92 Å². The van der Waals surface area contributed by atoms with Gasteiger partial charge in [0.05, 0.1) is 0 Å². The first kappa shape index (κ1) is 22.3. The second kappa shape index (κ2) is 14.9. The lowest BCUT2D eigenvalue weighted by atomic mass is 10.5. The summed E-state index contributed by atoms with van der Waals surface area (Å²) in [5.41, 5.74) is 0. The van der Waals surface area contributed by atoms with E-state index >= 15 is 0 Å². The van der Waals surface area contributed by atoms with Crippen molar-refractivity contribution in [3.05, 3.63) is 0 Å². The fourth-order valence-corrected chi connectivity index (χ4v) is 5.17. The molecule has 0 saturated carbocycles. The van der Waals surface area contributed by atoms with Crippen LogP contribution in [0.3, 0.4) is 0 Å². The highest BCUT2D eigenvalue weighted by atomic mass is 31.1. The molecule has 0 aliphatic heterocycles. The molecule has 0 saturated heterocycles. The van der Waals surface area contributed by atoms with Gasteiger partial charge in [0.2, 0.25) is 0 Å². The van der Waals surface area contributed by atoms with Crippen LogP contribution in [0.15, 0.2) is 0 Å². The van der Waals surface area contributed by atoms with Gasteiger partial charge in [-0.15, -0.1) is 7.92 Å². The monoisotopic (exact) mass is 331 g/mol. The van der Waals surface area contributed by atoms with Crippen molar-refractivity contribution in [3.63, 3.8) is 0 Å². The van der Waals surface area contributed by atoms with E-state index in [1.165, 1.54) is 77.4 Å². The fraction of sp³-hybridized carbons (Fsp3) is 1.00. The van der Waals surface area contributed by atoms with Crippen molar-refractivity contribution in [2.24, 2.45) is 0 Å². The van der Waals surface area contributed by atoms with Gasteiger partial charge in [0.25, 0.3) is 0 Å². The fourth-order valence-electron chi connectivity index (χ4n) is 2.80. The second-order valence-electron chi connectivity index (χ2n) is 5.92. The summed E-state index contributed by atoms with van der Waals surface area (Å²) in [7, 11) is 0.183. The Hall–Kier alpha value is 0.310. The number of hydrogen-bond donors (Lipinski definition) is 0. The van der Waals surface area contributed by atoms with Gasteiger partial charge < -0.3 is 14.7 Å². The molecule has 0 aromatic heterocycles. The van der Waals surface area contributed by atoms with E-state index in [1.807, 2.05) is 0 Å². The van der Waals surface area contributed by atoms with Gasteiger partial charge in [-0.25, -0.2) is 0 Å². The van der Waals surface area contributed by atoms with Crippen LogP contribution in [0, 0.1) is 0 Å². The van der Waals surface area contributed by atoms with Crippen molar-refractivity contribution in [1.82, 2.24) is 14.7 Å². The quantitative estimate of drug-likeness (QED) is 0.425. The van der Waals surface area contributed by atoms with E-state index in [2.05, 4.69) is 56.2 Å². The first-order valence-corrected chi connectivity index (χ1v) is 11.4. The van der Waals surface area contributed by atoms with Crippen molar-refractivity contribution < 1.29 is 0 Å². The average Bonchev–Trinajstić information content (AvgIpc) is 2.56. The minimum absolute atomic E-state index is 0.183. The molecule has 0 N–H and O–H groups in total. The lowest BCUT2D eigenvalue weighted by Crippen LogP contribution is -2.31. The van der Waals surface area contributed by atoms with Gasteiger partial charge in [0.1, 0.15) is 0 Å². The van der Waals surface area contributed by atoms with Gasteiger partial charge in [0, 0.05) is 19.6 Å². The van der Waals surface area contributed by atoms with Crippen LogP contribution in [0.4, 0.5) is 0 Å². The van der Waals surface area contributed by atoms with Gasteiger partial charge in [-0.3, -0.25) is 0 Å². The van der Waals surface area contributed by atoms with Crippen LogP contribution in [0.25, 0.3) is 0 Å². The summed E-state index contributed by atoms with van der Waals surface area (Å²) in [6.45, 7) is 24.8. The van der Waals surface area contributed by atoms with Crippen LogP contribution in [0.2, 0.25) is 0 Å². The third-order valence-corrected chi connectivity index (χ3v) is 7.38. The van der Waals surface area contributed by atoms with Gasteiger partial charge in [-0.2, -0.15) is 0 Å². The molecule has 22 heavy (non-hydrogen) atoms. The molecular formula is C18H42N3P. The average molecular weight is 332 g/mol. The van der Waals surface area contributed by atoms with Crippen molar-refractivity contribution in [1.29, 1.82) is 0 Å². The van der Waals surface area contributed by atoms with Gasteiger partial charge in [-0.05, 0) is 57.8 Å². The van der Waals surface area contributed by atoms with E-state index in [-0.39, 0.29) is 7.92 Å². The van der Waals surface area contributed by atoms with E-state index in [0.29, 0.717) is 0 Å². The van der Waals surface area contributed by atoms with E-state index in [9.17, 15) is 0 Å². The zero-order valence-electron chi connectivity index (χ0n) is 16.3. The summed E-state index contributed by atoms with van der Waals surface area (Å²) in [6.07, 6.45) is 4.29. The standard InChI is InChI=1S/C18H42N3P/c1-7-19(8-2)13-16-22(17-14-20(9-3)10-4)18-15-21(11-5)12-6/h7-18H2,1-6H3. The molecule has 0 fully saturated rings. The molecule has 0 heterocycles. The normalized spacial score (nSPS) is 12.3. The Morgan fingerprint density at radius 1 is 0.455 bits per heavy atom. The Morgan fingerprint density at radius 3 is 0.864 bits per heavy atom. The molecule has 0 unspecified atom stereocenters. The molecule has 0 radical (unpaired) electrons. The van der Waals surface area contributed by atoms with E-state index < -0.39 is 0 Å². The number of nitrogens with zero attached hydrogens (tertiary/aromatic N) is 3.